The highest BCUT2D eigenvalue weighted by Gasteiger charge is 2.45. The molecular formula is C20H29N2O4P. The zero-order valence-electron chi connectivity index (χ0n) is 16.5. The van der Waals surface area contributed by atoms with Gasteiger partial charge in [0.2, 0.25) is 11.8 Å². The number of carbonyl (C=O) groups excluding carboxylic acids is 2. The fraction of sp³-hybridized carbons (Fsp3) is 0.600. The van der Waals surface area contributed by atoms with Gasteiger partial charge in [-0.05, 0) is 49.7 Å². The van der Waals surface area contributed by atoms with Gasteiger partial charge in [0.05, 0.1) is 4.92 Å². The van der Waals surface area contributed by atoms with Crippen molar-refractivity contribution in [3.63, 3.8) is 0 Å². The Morgan fingerprint density at radius 3 is 2.15 bits per heavy atom. The molecule has 0 saturated carbocycles. The molecule has 2 rings (SSSR count). The average molecular weight is 392 g/mol. The fourth-order valence-corrected chi connectivity index (χ4v) is 4.26. The van der Waals surface area contributed by atoms with Gasteiger partial charge in [0.25, 0.3) is 5.69 Å². The highest BCUT2D eigenvalue weighted by Crippen LogP contribution is 2.40. The van der Waals surface area contributed by atoms with Crippen molar-refractivity contribution in [3.05, 3.63) is 39.9 Å². The second kappa shape index (κ2) is 8.05. The van der Waals surface area contributed by atoms with E-state index in [0.717, 1.165) is 18.1 Å². The number of likely N-dealkylation sites (tertiary alicyclic amines) is 1. The van der Waals surface area contributed by atoms with Crippen LogP contribution in [-0.2, 0) is 9.59 Å². The van der Waals surface area contributed by atoms with Crippen LogP contribution in [0.4, 0.5) is 5.69 Å². The maximum atomic E-state index is 12.8. The Balaban J connectivity index is 2.21. The second-order valence-corrected chi connectivity index (χ2v) is 8.87. The van der Waals surface area contributed by atoms with E-state index >= 15 is 0 Å². The second-order valence-electron chi connectivity index (χ2n) is 8.46. The van der Waals surface area contributed by atoms with E-state index in [0.29, 0.717) is 19.3 Å². The van der Waals surface area contributed by atoms with E-state index in [2.05, 4.69) is 9.24 Å². The normalized spacial score (nSPS) is 18.5. The van der Waals surface area contributed by atoms with E-state index < -0.39 is 10.5 Å². The number of hydrogen-bond donors (Lipinski definition) is 0. The first-order valence-corrected chi connectivity index (χ1v) is 10.1. The molecular weight excluding hydrogens is 363 g/mol. The molecule has 1 aromatic carbocycles. The van der Waals surface area contributed by atoms with E-state index in [1.165, 1.54) is 17.0 Å². The Morgan fingerprint density at radius 2 is 1.74 bits per heavy atom. The lowest BCUT2D eigenvalue weighted by atomic mass is 9.77. The van der Waals surface area contributed by atoms with Crippen LogP contribution in [0.3, 0.4) is 0 Å². The summed E-state index contributed by atoms with van der Waals surface area (Å²) in [6, 6.07) is 6.56. The molecule has 2 atom stereocenters. The number of benzene rings is 1. The molecule has 0 radical (unpaired) electrons. The first-order valence-electron chi connectivity index (χ1n) is 9.33. The quantitative estimate of drug-likeness (QED) is 0.300. The zero-order valence-corrected chi connectivity index (χ0v) is 17.7. The van der Waals surface area contributed by atoms with Crippen molar-refractivity contribution in [2.24, 2.45) is 5.41 Å². The van der Waals surface area contributed by atoms with Crippen LogP contribution >= 0.6 is 9.24 Å². The van der Waals surface area contributed by atoms with Gasteiger partial charge in [-0.25, -0.2) is 0 Å². The molecule has 2 amide bonds. The Labute approximate surface area is 163 Å². The highest BCUT2D eigenvalue weighted by atomic mass is 31.0. The van der Waals surface area contributed by atoms with Crippen molar-refractivity contribution >= 4 is 26.7 Å². The van der Waals surface area contributed by atoms with Crippen LogP contribution in [0.1, 0.15) is 64.9 Å². The van der Waals surface area contributed by atoms with Crippen LogP contribution in [0.2, 0.25) is 0 Å². The SMILES string of the molecule is CCC(CC(C)(C)N1C(=O)CC(C)(CP)CC1=O)c1ccc([N+](=O)[O-])cc1. The van der Waals surface area contributed by atoms with Gasteiger partial charge in [-0.2, -0.15) is 0 Å². The average Bonchev–Trinajstić information content (AvgIpc) is 2.58. The monoisotopic (exact) mass is 392 g/mol. The lowest BCUT2D eigenvalue weighted by molar-refractivity contribution is -0.384. The fourth-order valence-electron chi connectivity index (χ4n) is 3.97. The van der Waals surface area contributed by atoms with E-state index in [-0.39, 0.29) is 28.8 Å². The van der Waals surface area contributed by atoms with E-state index in [1.54, 1.807) is 12.1 Å². The van der Waals surface area contributed by atoms with Gasteiger partial charge in [-0.3, -0.25) is 24.6 Å². The summed E-state index contributed by atoms with van der Waals surface area (Å²) in [7, 11) is 2.64. The molecule has 0 bridgehead atoms. The number of carbonyl (C=O) groups is 2. The zero-order chi connectivity index (χ0) is 20.4. The molecule has 7 heteroatoms. The van der Waals surface area contributed by atoms with Crippen molar-refractivity contribution in [1.82, 2.24) is 4.90 Å². The summed E-state index contributed by atoms with van der Waals surface area (Å²) in [6.45, 7) is 7.89. The summed E-state index contributed by atoms with van der Waals surface area (Å²) >= 11 is 0. The van der Waals surface area contributed by atoms with Gasteiger partial charge < -0.3 is 0 Å². The standard InChI is InChI=1S/C20H29N2O4P/c1-5-14(15-6-8-16(9-7-15)22(25)26)10-19(2,3)21-17(23)11-20(4,13-27)12-18(21)24/h6-9,14H,5,10-13,27H2,1-4H3. The molecule has 1 heterocycles. The molecule has 1 aliphatic heterocycles. The molecule has 0 aliphatic carbocycles. The minimum absolute atomic E-state index is 0.0611. The van der Waals surface area contributed by atoms with Crippen molar-refractivity contribution in [2.45, 2.75) is 64.8 Å². The summed E-state index contributed by atoms with van der Waals surface area (Å²) in [5.74, 6) is -0.115. The van der Waals surface area contributed by atoms with Gasteiger partial charge in [0, 0.05) is 30.5 Å². The summed E-state index contributed by atoms with van der Waals surface area (Å²) in [4.78, 5) is 37.4. The van der Waals surface area contributed by atoms with Crippen LogP contribution in [0, 0.1) is 15.5 Å². The van der Waals surface area contributed by atoms with Crippen LogP contribution in [0.5, 0.6) is 0 Å². The topological polar surface area (TPSA) is 80.5 Å². The number of imide groups is 1. The van der Waals surface area contributed by atoms with Gasteiger partial charge >= 0.3 is 0 Å². The Hall–Kier alpha value is -1.81. The maximum Gasteiger partial charge on any atom is 0.269 e. The molecule has 148 valence electrons. The predicted octanol–water partition coefficient (Wildman–Crippen LogP) is 4.29. The minimum Gasteiger partial charge on any atom is -0.277 e. The lowest BCUT2D eigenvalue weighted by Crippen LogP contribution is -2.57. The lowest BCUT2D eigenvalue weighted by Gasteiger charge is -2.45. The molecule has 0 spiro atoms. The van der Waals surface area contributed by atoms with Crippen LogP contribution in [0.15, 0.2) is 24.3 Å². The smallest absolute Gasteiger partial charge is 0.269 e. The Morgan fingerprint density at radius 1 is 1.22 bits per heavy atom. The first-order chi connectivity index (χ1) is 12.5. The van der Waals surface area contributed by atoms with Crippen LogP contribution < -0.4 is 0 Å². The molecule has 2 unspecified atom stereocenters. The first kappa shape index (κ1) is 21.5. The maximum absolute atomic E-state index is 12.8. The van der Waals surface area contributed by atoms with Gasteiger partial charge in [-0.15, -0.1) is 9.24 Å². The largest absolute Gasteiger partial charge is 0.277 e. The highest BCUT2D eigenvalue weighted by molar-refractivity contribution is 7.16. The molecule has 1 aliphatic rings. The summed E-state index contributed by atoms with van der Waals surface area (Å²) in [6.07, 6.45) is 2.91. The Bertz CT molecular complexity index is 712. The number of rotatable bonds is 7. The van der Waals surface area contributed by atoms with Gasteiger partial charge in [-0.1, -0.05) is 26.0 Å². The van der Waals surface area contributed by atoms with Crippen molar-refractivity contribution in [2.75, 3.05) is 6.16 Å². The molecule has 0 N–H and O–H groups in total. The summed E-state index contributed by atoms with van der Waals surface area (Å²) < 4.78 is 0. The molecule has 27 heavy (non-hydrogen) atoms. The van der Waals surface area contributed by atoms with Crippen molar-refractivity contribution < 1.29 is 14.5 Å². The van der Waals surface area contributed by atoms with Crippen LogP contribution in [0.25, 0.3) is 0 Å². The predicted molar refractivity (Wildman–Crippen MR) is 109 cm³/mol. The number of nitrogens with zero attached hydrogens (tertiary/aromatic N) is 2. The molecule has 6 nitrogen and oxygen atoms in total. The molecule has 0 aromatic heterocycles. The third-order valence-electron chi connectivity index (χ3n) is 5.57. The summed E-state index contributed by atoms with van der Waals surface area (Å²) in [5, 5.41) is 10.9. The third-order valence-corrected chi connectivity index (χ3v) is 6.55. The number of non-ortho nitro benzene ring substituents is 1. The van der Waals surface area contributed by atoms with Gasteiger partial charge in [0.15, 0.2) is 0 Å². The third kappa shape index (κ3) is 4.73. The van der Waals surface area contributed by atoms with Gasteiger partial charge in [0.1, 0.15) is 0 Å². The van der Waals surface area contributed by atoms with Crippen molar-refractivity contribution in [1.29, 1.82) is 0 Å². The van der Waals surface area contributed by atoms with Crippen LogP contribution in [-0.4, -0.2) is 33.3 Å². The Kier molecular flexibility index (Phi) is 6.41. The van der Waals surface area contributed by atoms with E-state index in [9.17, 15) is 19.7 Å². The van der Waals surface area contributed by atoms with E-state index in [4.69, 9.17) is 0 Å². The number of nitro benzene ring substituents is 1. The minimum atomic E-state index is -0.612. The van der Waals surface area contributed by atoms with Crippen molar-refractivity contribution in [3.8, 4) is 0 Å². The molecule has 1 fully saturated rings. The molecule has 1 saturated heterocycles. The number of piperidine rings is 1. The summed E-state index contributed by atoms with van der Waals surface area (Å²) in [5.41, 5.74) is 0.154. The number of nitro groups is 1. The number of amides is 2. The number of hydrogen-bond acceptors (Lipinski definition) is 4. The van der Waals surface area contributed by atoms with E-state index in [1.807, 2.05) is 27.7 Å². The molecule has 1 aromatic rings.